The molecule has 5 heteroatoms. The zero-order valence-electron chi connectivity index (χ0n) is 9.98. The fourth-order valence-corrected chi connectivity index (χ4v) is 3.17. The molecule has 0 saturated carbocycles. The minimum atomic E-state index is 0.315. The van der Waals surface area contributed by atoms with E-state index in [0.717, 1.165) is 18.2 Å². The second kappa shape index (κ2) is 7.79. The predicted octanol–water partition coefficient (Wildman–Crippen LogP) is 1.78. The summed E-state index contributed by atoms with van der Waals surface area (Å²) in [5.41, 5.74) is 5.51. The summed E-state index contributed by atoms with van der Waals surface area (Å²) < 4.78 is 0. The van der Waals surface area contributed by atoms with Crippen molar-refractivity contribution in [1.82, 2.24) is 5.32 Å². The zero-order valence-corrected chi connectivity index (χ0v) is 10.8. The van der Waals surface area contributed by atoms with Gasteiger partial charge >= 0.3 is 0 Å². The van der Waals surface area contributed by atoms with Gasteiger partial charge in [0.15, 0.2) is 0 Å². The van der Waals surface area contributed by atoms with Crippen LogP contribution in [0, 0.1) is 0 Å². The van der Waals surface area contributed by atoms with E-state index in [4.69, 9.17) is 10.9 Å². The van der Waals surface area contributed by atoms with Gasteiger partial charge < -0.3 is 16.3 Å². The van der Waals surface area contributed by atoms with Crippen LogP contribution in [-0.4, -0.2) is 34.6 Å². The van der Waals surface area contributed by atoms with Crippen LogP contribution in [0.4, 0.5) is 0 Å². The third-order valence-electron chi connectivity index (χ3n) is 2.98. The van der Waals surface area contributed by atoms with Crippen molar-refractivity contribution in [2.45, 2.75) is 50.3 Å². The summed E-state index contributed by atoms with van der Waals surface area (Å²) in [6.45, 7) is 3.16. The Labute approximate surface area is 102 Å². The van der Waals surface area contributed by atoms with Crippen molar-refractivity contribution in [3.63, 3.8) is 0 Å². The van der Waals surface area contributed by atoms with Gasteiger partial charge in [-0.2, -0.15) is 11.8 Å². The lowest BCUT2D eigenvalue weighted by molar-refractivity contribution is 0.315. The Balaban J connectivity index is 2.22. The molecule has 0 bridgehead atoms. The highest BCUT2D eigenvalue weighted by Gasteiger charge is 2.15. The lowest BCUT2D eigenvalue weighted by Gasteiger charge is -2.24. The molecule has 2 unspecified atom stereocenters. The van der Waals surface area contributed by atoms with Crippen LogP contribution < -0.4 is 11.1 Å². The Morgan fingerprint density at radius 3 is 3.00 bits per heavy atom. The third kappa shape index (κ3) is 5.07. The van der Waals surface area contributed by atoms with Crippen LogP contribution in [0.25, 0.3) is 0 Å². The smallest absolute Gasteiger partial charge is 0.140 e. The summed E-state index contributed by atoms with van der Waals surface area (Å²) in [7, 11) is 0. The predicted molar refractivity (Wildman–Crippen MR) is 70.2 cm³/mol. The molecule has 94 valence electrons. The average Bonchev–Trinajstić information content (AvgIpc) is 2.35. The minimum Gasteiger partial charge on any atom is -0.409 e. The van der Waals surface area contributed by atoms with E-state index >= 15 is 0 Å². The summed E-state index contributed by atoms with van der Waals surface area (Å²) in [4.78, 5) is 0. The SMILES string of the molecule is CCC(CC(N)=NO)NCC1CCCCS1. The van der Waals surface area contributed by atoms with Crippen molar-refractivity contribution in [3.05, 3.63) is 0 Å². The van der Waals surface area contributed by atoms with Crippen LogP contribution in [0.5, 0.6) is 0 Å². The maximum absolute atomic E-state index is 8.53. The molecule has 1 saturated heterocycles. The molecule has 0 aromatic heterocycles. The second-order valence-electron chi connectivity index (χ2n) is 4.30. The molecule has 1 fully saturated rings. The topological polar surface area (TPSA) is 70.6 Å². The van der Waals surface area contributed by atoms with Crippen LogP contribution in [-0.2, 0) is 0 Å². The van der Waals surface area contributed by atoms with Crippen LogP contribution in [0.1, 0.15) is 39.0 Å². The van der Waals surface area contributed by atoms with E-state index in [0.29, 0.717) is 18.3 Å². The van der Waals surface area contributed by atoms with Crippen LogP contribution in [0.2, 0.25) is 0 Å². The van der Waals surface area contributed by atoms with Crippen LogP contribution in [0.15, 0.2) is 5.16 Å². The molecule has 1 rings (SSSR count). The number of nitrogens with two attached hydrogens (primary N) is 1. The summed E-state index contributed by atoms with van der Waals surface area (Å²) >= 11 is 2.07. The summed E-state index contributed by atoms with van der Waals surface area (Å²) in [5, 5.41) is 15.8. The Morgan fingerprint density at radius 2 is 2.44 bits per heavy atom. The van der Waals surface area contributed by atoms with Crippen molar-refractivity contribution in [1.29, 1.82) is 0 Å². The first-order valence-electron chi connectivity index (χ1n) is 6.07. The highest BCUT2D eigenvalue weighted by Crippen LogP contribution is 2.24. The van der Waals surface area contributed by atoms with E-state index in [-0.39, 0.29) is 0 Å². The van der Waals surface area contributed by atoms with Crippen LogP contribution in [0.3, 0.4) is 0 Å². The lowest BCUT2D eigenvalue weighted by atomic mass is 10.1. The number of nitrogens with one attached hydrogen (secondary N) is 1. The first kappa shape index (κ1) is 13.6. The van der Waals surface area contributed by atoms with E-state index in [1.165, 1.54) is 25.0 Å². The Kier molecular flexibility index (Phi) is 6.64. The summed E-state index contributed by atoms with van der Waals surface area (Å²) in [6.07, 6.45) is 5.68. The number of rotatable bonds is 6. The molecule has 0 aromatic carbocycles. The van der Waals surface area contributed by atoms with E-state index < -0.39 is 0 Å². The summed E-state index contributed by atoms with van der Waals surface area (Å²) in [6, 6.07) is 0.332. The molecule has 4 N–H and O–H groups in total. The molecule has 4 nitrogen and oxygen atoms in total. The third-order valence-corrected chi connectivity index (χ3v) is 4.38. The van der Waals surface area contributed by atoms with Crippen molar-refractivity contribution in [2.24, 2.45) is 10.9 Å². The van der Waals surface area contributed by atoms with Gasteiger partial charge in [0, 0.05) is 24.3 Å². The van der Waals surface area contributed by atoms with Gasteiger partial charge in [0.05, 0.1) is 0 Å². The molecule has 0 aliphatic carbocycles. The number of oxime groups is 1. The highest BCUT2D eigenvalue weighted by molar-refractivity contribution is 7.99. The molecular weight excluding hydrogens is 222 g/mol. The molecule has 1 heterocycles. The first-order valence-corrected chi connectivity index (χ1v) is 7.12. The summed E-state index contributed by atoms with van der Waals surface area (Å²) in [5.74, 6) is 1.61. The normalized spacial score (nSPS) is 24.3. The van der Waals surface area contributed by atoms with Gasteiger partial charge in [-0.15, -0.1) is 0 Å². The molecule has 1 aliphatic rings. The molecule has 2 atom stereocenters. The minimum absolute atomic E-state index is 0.315. The van der Waals surface area contributed by atoms with E-state index in [1.807, 2.05) is 0 Å². The fraction of sp³-hybridized carbons (Fsp3) is 0.909. The van der Waals surface area contributed by atoms with Crippen molar-refractivity contribution >= 4 is 17.6 Å². The number of nitrogens with zero attached hydrogens (tertiary/aromatic N) is 1. The molecule has 1 aliphatic heterocycles. The molecule has 0 spiro atoms. The average molecular weight is 245 g/mol. The lowest BCUT2D eigenvalue weighted by Crippen LogP contribution is -2.37. The van der Waals surface area contributed by atoms with Gasteiger partial charge in [0.2, 0.25) is 0 Å². The van der Waals surface area contributed by atoms with Gasteiger partial charge in [0.25, 0.3) is 0 Å². The van der Waals surface area contributed by atoms with Crippen LogP contribution >= 0.6 is 11.8 Å². The monoisotopic (exact) mass is 245 g/mol. The number of thioether (sulfide) groups is 1. The van der Waals surface area contributed by atoms with Crippen molar-refractivity contribution in [3.8, 4) is 0 Å². The van der Waals surface area contributed by atoms with E-state index in [9.17, 15) is 0 Å². The molecular formula is C11H23N3OS. The largest absolute Gasteiger partial charge is 0.409 e. The zero-order chi connectivity index (χ0) is 11.8. The van der Waals surface area contributed by atoms with E-state index in [1.54, 1.807) is 0 Å². The Morgan fingerprint density at radius 1 is 1.62 bits per heavy atom. The van der Waals surface area contributed by atoms with Gasteiger partial charge in [0.1, 0.15) is 5.84 Å². The Hall–Kier alpha value is -0.420. The maximum Gasteiger partial charge on any atom is 0.140 e. The standard InChI is InChI=1S/C11H23N3OS/c1-2-9(7-11(12)14-15)13-8-10-5-3-4-6-16-10/h9-10,13,15H,2-8H2,1H3,(H2,12,14). The van der Waals surface area contributed by atoms with Gasteiger partial charge in [-0.3, -0.25) is 0 Å². The van der Waals surface area contributed by atoms with Gasteiger partial charge in [-0.25, -0.2) is 0 Å². The highest BCUT2D eigenvalue weighted by atomic mass is 32.2. The molecule has 0 radical (unpaired) electrons. The number of amidine groups is 1. The van der Waals surface area contributed by atoms with Crippen molar-refractivity contribution in [2.75, 3.05) is 12.3 Å². The number of hydrogen-bond donors (Lipinski definition) is 3. The first-order chi connectivity index (χ1) is 7.76. The molecule has 0 aromatic rings. The maximum atomic E-state index is 8.53. The van der Waals surface area contributed by atoms with Crippen molar-refractivity contribution < 1.29 is 5.21 Å². The van der Waals surface area contributed by atoms with Gasteiger partial charge in [-0.05, 0) is 25.0 Å². The Bertz CT molecular complexity index is 217. The quantitative estimate of drug-likeness (QED) is 0.289. The number of hydrogen-bond acceptors (Lipinski definition) is 4. The molecule has 16 heavy (non-hydrogen) atoms. The van der Waals surface area contributed by atoms with E-state index in [2.05, 4.69) is 29.2 Å². The second-order valence-corrected chi connectivity index (χ2v) is 5.71. The molecule has 0 amide bonds. The fourth-order valence-electron chi connectivity index (χ4n) is 1.92. The van der Waals surface area contributed by atoms with Gasteiger partial charge in [-0.1, -0.05) is 18.5 Å².